The Bertz CT molecular complexity index is 1240. The van der Waals surface area contributed by atoms with Crippen LogP contribution < -0.4 is 9.64 Å². The highest BCUT2D eigenvalue weighted by Gasteiger charge is 2.34. The molecule has 1 aromatic heterocycles. The summed E-state index contributed by atoms with van der Waals surface area (Å²) in [5.74, 6) is 1.36. The summed E-state index contributed by atoms with van der Waals surface area (Å²) in [5.41, 5.74) is 2.57. The van der Waals surface area contributed by atoms with Crippen molar-refractivity contribution in [2.45, 2.75) is 25.3 Å². The molecule has 0 radical (unpaired) electrons. The van der Waals surface area contributed by atoms with Gasteiger partial charge < -0.3 is 14.2 Å². The van der Waals surface area contributed by atoms with Crippen LogP contribution in [0.4, 0.5) is 10.1 Å². The number of benzene rings is 3. The molecule has 5 nitrogen and oxygen atoms in total. The van der Waals surface area contributed by atoms with Crippen molar-refractivity contribution < 1.29 is 13.9 Å². The number of imidazole rings is 1. The van der Waals surface area contributed by atoms with Gasteiger partial charge in [0.25, 0.3) is 0 Å². The molecule has 32 heavy (non-hydrogen) atoms. The third-order valence-electron chi connectivity index (χ3n) is 5.83. The maximum atomic E-state index is 13.7. The minimum Gasteiger partial charge on any atom is -0.494 e. The largest absolute Gasteiger partial charge is 0.494 e. The second kappa shape index (κ2) is 8.83. The summed E-state index contributed by atoms with van der Waals surface area (Å²) in [6.07, 6.45) is 1.18. The van der Waals surface area contributed by atoms with E-state index in [1.165, 1.54) is 12.1 Å². The molecule has 1 unspecified atom stereocenters. The lowest BCUT2D eigenvalue weighted by Gasteiger charge is -2.17. The van der Waals surface area contributed by atoms with Gasteiger partial charge in [0.2, 0.25) is 5.91 Å². The van der Waals surface area contributed by atoms with Gasteiger partial charge >= 0.3 is 0 Å². The van der Waals surface area contributed by atoms with Gasteiger partial charge in [-0.2, -0.15) is 0 Å². The van der Waals surface area contributed by atoms with E-state index in [2.05, 4.69) is 10.6 Å². The van der Waals surface area contributed by atoms with Crippen LogP contribution in [-0.4, -0.2) is 28.6 Å². The van der Waals surface area contributed by atoms with E-state index in [0.29, 0.717) is 25.3 Å². The minimum absolute atomic E-state index is 0.00776. The first kappa shape index (κ1) is 20.2. The Labute approximate surface area is 186 Å². The van der Waals surface area contributed by atoms with E-state index in [9.17, 15) is 9.18 Å². The van der Waals surface area contributed by atoms with Gasteiger partial charge in [-0.25, -0.2) is 9.37 Å². The summed E-state index contributed by atoms with van der Waals surface area (Å²) in [6.45, 7) is 1.83. The summed E-state index contributed by atoms with van der Waals surface area (Å²) in [4.78, 5) is 19.3. The molecule has 6 heteroatoms. The molecule has 4 aromatic rings. The molecule has 162 valence electrons. The van der Waals surface area contributed by atoms with E-state index in [0.717, 1.165) is 35.6 Å². The Morgan fingerprint density at radius 2 is 1.81 bits per heavy atom. The van der Waals surface area contributed by atoms with Crippen LogP contribution in [0.25, 0.3) is 11.0 Å². The van der Waals surface area contributed by atoms with E-state index in [1.54, 1.807) is 17.0 Å². The lowest BCUT2D eigenvalue weighted by molar-refractivity contribution is -0.117. The van der Waals surface area contributed by atoms with Gasteiger partial charge in [0.15, 0.2) is 0 Å². The van der Waals surface area contributed by atoms with Crippen molar-refractivity contribution >= 4 is 22.6 Å². The third-order valence-corrected chi connectivity index (χ3v) is 5.83. The van der Waals surface area contributed by atoms with Gasteiger partial charge in [0.05, 0.1) is 17.6 Å². The summed E-state index contributed by atoms with van der Waals surface area (Å²) >= 11 is 0. The van der Waals surface area contributed by atoms with E-state index in [4.69, 9.17) is 9.72 Å². The molecule has 1 aliphatic rings. The highest BCUT2D eigenvalue weighted by molar-refractivity contribution is 5.96. The molecule has 0 aliphatic carbocycles. The van der Waals surface area contributed by atoms with E-state index >= 15 is 0 Å². The SMILES string of the molecule is O=C1CC(c2nc3ccccc3n2CCCOc2ccccc2)CN1c1cccc(F)c1. The Morgan fingerprint density at radius 3 is 2.66 bits per heavy atom. The van der Waals surface area contributed by atoms with Crippen molar-refractivity contribution in [3.8, 4) is 5.75 Å². The average Bonchev–Trinajstić information content (AvgIpc) is 3.38. The molecule has 0 saturated carbocycles. The molecule has 1 fully saturated rings. The second-order valence-corrected chi connectivity index (χ2v) is 8.01. The van der Waals surface area contributed by atoms with Crippen LogP contribution in [0.3, 0.4) is 0 Å². The number of carbonyl (C=O) groups excluding carboxylic acids is 1. The molecule has 0 N–H and O–H groups in total. The van der Waals surface area contributed by atoms with E-state index in [-0.39, 0.29) is 17.6 Å². The topological polar surface area (TPSA) is 47.4 Å². The van der Waals surface area contributed by atoms with Crippen molar-refractivity contribution in [2.75, 3.05) is 18.1 Å². The van der Waals surface area contributed by atoms with Crippen LogP contribution in [-0.2, 0) is 11.3 Å². The average molecular weight is 429 g/mol. The molecular weight excluding hydrogens is 405 g/mol. The Hall–Kier alpha value is -3.67. The van der Waals surface area contributed by atoms with Gasteiger partial charge in [-0.05, 0) is 48.9 Å². The first-order valence-corrected chi connectivity index (χ1v) is 10.9. The summed E-state index contributed by atoms with van der Waals surface area (Å²) in [5, 5.41) is 0. The fourth-order valence-corrected chi connectivity index (χ4v) is 4.34. The Kier molecular flexibility index (Phi) is 5.58. The van der Waals surface area contributed by atoms with Crippen LogP contribution in [0.1, 0.15) is 24.6 Å². The molecule has 2 heterocycles. The number of fused-ring (bicyclic) bond motifs is 1. The summed E-state index contributed by atoms with van der Waals surface area (Å²) in [7, 11) is 0. The third kappa shape index (κ3) is 4.08. The predicted octanol–water partition coefficient (Wildman–Crippen LogP) is 5.17. The number of ether oxygens (including phenoxy) is 1. The fraction of sp³-hybridized carbons (Fsp3) is 0.231. The number of amides is 1. The molecule has 5 rings (SSSR count). The van der Waals surface area contributed by atoms with Crippen LogP contribution in [0, 0.1) is 5.82 Å². The van der Waals surface area contributed by atoms with Crippen molar-refractivity contribution in [3.05, 3.63) is 90.5 Å². The van der Waals surface area contributed by atoms with Gasteiger partial charge in [-0.1, -0.05) is 36.4 Å². The maximum Gasteiger partial charge on any atom is 0.227 e. The molecule has 3 aromatic carbocycles. The van der Waals surface area contributed by atoms with Crippen LogP contribution in [0.5, 0.6) is 5.75 Å². The zero-order chi connectivity index (χ0) is 21.9. The first-order chi connectivity index (χ1) is 15.7. The molecule has 0 spiro atoms. The molecule has 1 saturated heterocycles. The van der Waals surface area contributed by atoms with Crippen LogP contribution >= 0.6 is 0 Å². The molecule has 1 atom stereocenters. The van der Waals surface area contributed by atoms with Crippen molar-refractivity contribution in [3.63, 3.8) is 0 Å². The number of nitrogens with zero attached hydrogens (tertiary/aromatic N) is 3. The van der Waals surface area contributed by atoms with E-state index in [1.807, 2.05) is 48.5 Å². The molecule has 1 aliphatic heterocycles. The standard InChI is InChI=1S/C26H24FN3O2/c27-20-8-6-9-21(17-20)30-18-19(16-25(30)31)26-28-23-12-4-5-13-24(23)29(26)14-7-15-32-22-10-2-1-3-11-22/h1-6,8-13,17,19H,7,14-16,18H2. The zero-order valence-electron chi connectivity index (χ0n) is 17.7. The molecular formula is C26H24FN3O2. The predicted molar refractivity (Wildman–Crippen MR) is 122 cm³/mol. The zero-order valence-corrected chi connectivity index (χ0v) is 17.7. The van der Waals surface area contributed by atoms with Gasteiger partial charge in [-0.3, -0.25) is 4.79 Å². The van der Waals surface area contributed by atoms with Gasteiger partial charge in [-0.15, -0.1) is 0 Å². The van der Waals surface area contributed by atoms with E-state index < -0.39 is 0 Å². The maximum absolute atomic E-state index is 13.7. The van der Waals surface area contributed by atoms with Crippen molar-refractivity contribution in [1.29, 1.82) is 0 Å². The molecule has 0 bridgehead atoms. The number of hydrogen-bond donors (Lipinski definition) is 0. The van der Waals surface area contributed by atoms with Gasteiger partial charge in [0, 0.05) is 31.1 Å². The highest BCUT2D eigenvalue weighted by Crippen LogP contribution is 2.33. The number of aromatic nitrogens is 2. The van der Waals surface area contributed by atoms with Crippen molar-refractivity contribution in [2.24, 2.45) is 0 Å². The normalized spacial score (nSPS) is 16.1. The van der Waals surface area contributed by atoms with Crippen LogP contribution in [0.15, 0.2) is 78.9 Å². The number of halogens is 1. The lowest BCUT2D eigenvalue weighted by atomic mass is 10.1. The smallest absolute Gasteiger partial charge is 0.227 e. The number of anilines is 1. The first-order valence-electron chi connectivity index (χ1n) is 10.9. The number of para-hydroxylation sites is 3. The number of aryl methyl sites for hydroxylation is 1. The summed E-state index contributed by atoms with van der Waals surface area (Å²) < 4.78 is 21.8. The Balaban J connectivity index is 1.36. The van der Waals surface area contributed by atoms with Gasteiger partial charge in [0.1, 0.15) is 17.4 Å². The second-order valence-electron chi connectivity index (χ2n) is 8.01. The Morgan fingerprint density at radius 1 is 1.00 bits per heavy atom. The number of carbonyl (C=O) groups is 1. The number of hydrogen-bond acceptors (Lipinski definition) is 3. The monoisotopic (exact) mass is 429 g/mol. The lowest BCUT2D eigenvalue weighted by Crippen LogP contribution is -2.24. The fourth-order valence-electron chi connectivity index (χ4n) is 4.34. The van der Waals surface area contributed by atoms with Crippen LogP contribution in [0.2, 0.25) is 0 Å². The number of rotatable bonds is 7. The summed E-state index contributed by atoms with van der Waals surface area (Å²) in [6, 6.07) is 24.0. The van der Waals surface area contributed by atoms with Crippen molar-refractivity contribution in [1.82, 2.24) is 9.55 Å². The minimum atomic E-state index is -0.343. The highest BCUT2D eigenvalue weighted by atomic mass is 19.1. The quantitative estimate of drug-likeness (QED) is 0.381. The molecule has 1 amide bonds.